The van der Waals surface area contributed by atoms with Crippen LogP contribution in [-0.4, -0.2) is 27.1 Å². The van der Waals surface area contributed by atoms with Gasteiger partial charge in [-0.05, 0) is 55.7 Å². The van der Waals surface area contributed by atoms with Gasteiger partial charge in [0.15, 0.2) is 0 Å². The summed E-state index contributed by atoms with van der Waals surface area (Å²) in [7, 11) is -3.68. The van der Waals surface area contributed by atoms with Crippen molar-refractivity contribution in [3.63, 3.8) is 0 Å². The summed E-state index contributed by atoms with van der Waals surface area (Å²) in [6, 6.07) is 10.1. The number of amides is 1. The van der Waals surface area contributed by atoms with Gasteiger partial charge < -0.3 is 5.32 Å². The van der Waals surface area contributed by atoms with Crippen molar-refractivity contribution in [1.29, 1.82) is 0 Å². The Hall–Kier alpha value is -1.76. The van der Waals surface area contributed by atoms with Crippen LogP contribution in [-0.2, 0) is 14.8 Å². The molecule has 0 aliphatic carbocycles. The summed E-state index contributed by atoms with van der Waals surface area (Å²) in [6.45, 7) is 5.52. The molecular formula is C19H22Cl2N2O3S. The van der Waals surface area contributed by atoms with Gasteiger partial charge >= 0.3 is 0 Å². The number of anilines is 1. The van der Waals surface area contributed by atoms with Gasteiger partial charge in [-0.1, -0.05) is 41.4 Å². The lowest BCUT2D eigenvalue weighted by Crippen LogP contribution is -2.41. The van der Waals surface area contributed by atoms with Gasteiger partial charge in [-0.3, -0.25) is 9.10 Å². The molecule has 2 rings (SSSR count). The molecule has 0 aliphatic heterocycles. The van der Waals surface area contributed by atoms with Crippen molar-refractivity contribution in [3.8, 4) is 0 Å². The zero-order valence-corrected chi connectivity index (χ0v) is 17.9. The first-order chi connectivity index (χ1) is 12.5. The van der Waals surface area contributed by atoms with Crippen LogP contribution in [0.25, 0.3) is 0 Å². The summed E-state index contributed by atoms with van der Waals surface area (Å²) in [4.78, 5) is 12.5. The van der Waals surface area contributed by atoms with Crippen LogP contribution in [0.1, 0.15) is 29.7 Å². The van der Waals surface area contributed by atoms with E-state index in [1.807, 2.05) is 39.0 Å². The van der Waals surface area contributed by atoms with Crippen LogP contribution >= 0.6 is 23.2 Å². The number of nitrogens with zero attached hydrogens (tertiary/aromatic N) is 1. The van der Waals surface area contributed by atoms with E-state index in [0.717, 1.165) is 21.7 Å². The summed E-state index contributed by atoms with van der Waals surface area (Å²) in [6.07, 6.45) is 1.04. The average molecular weight is 429 g/mol. The van der Waals surface area contributed by atoms with Gasteiger partial charge in [0, 0.05) is 0 Å². The highest BCUT2D eigenvalue weighted by Crippen LogP contribution is 2.28. The molecule has 0 aliphatic rings. The summed E-state index contributed by atoms with van der Waals surface area (Å²) in [5.41, 5.74) is 3.52. The molecule has 0 saturated heterocycles. The monoisotopic (exact) mass is 428 g/mol. The molecule has 0 fully saturated rings. The predicted molar refractivity (Wildman–Crippen MR) is 111 cm³/mol. The lowest BCUT2D eigenvalue weighted by Gasteiger charge is -2.23. The number of benzene rings is 2. The molecule has 0 spiro atoms. The van der Waals surface area contributed by atoms with Gasteiger partial charge in [-0.25, -0.2) is 8.42 Å². The molecule has 146 valence electrons. The lowest BCUT2D eigenvalue weighted by atomic mass is 10.0. The summed E-state index contributed by atoms with van der Waals surface area (Å²) in [5, 5.41) is 3.36. The lowest BCUT2D eigenvalue weighted by molar-refractivity contribution is -0.120. The minimum atomic E-state index is -3.68. The molecule has 0 heterocycles. The van der Waals surface area contributed by atoms with Gasteiger partial charge in [-0.15, -0.1) is 0 Å². The van der Waals surface area contributed by atoms with Crippen LogP contribution < -0.4 is 9.62 Å². The molecule has 0 radical (unpaired) electrons. The first kappa shape index (κ1) is 21.5. The summed E-state index contributed by atoms with van der Waals surface area (Å²) in [5.74, 6) is -0.419. The van der Waals surface area contributed by atoms with E-state index in [2.05, 4.69) is 5.32 Å². The maximum atomic E-state index is 12.5. The third kappa shape index (κ3) is 5.61. The fourth-order valence-corrected chi connectivity index (χ4v) is 3.72. The van der Waals surface area contributed by atoms with Crippen LogP contribution in [0, 0.1) is 13.8 Å². The van der Waals surface area contributed by atoms with E-state index >= 15 is 0 Å². The summed E-state index contributed by atoms with van der Waals surface area (Å²) >= 11 is 11.9. The SMILES string of the molecule is Cc1ccc([C@@H](C)NC(=O)CN(c2ccc(Cl)c(Cl)c2)S(C)(=O)=O)cc1C. The topological polar surface area (TPSA) is 66.5 Å². The standard InChI is InChI=1S/C19H22Cl2N2O3S/c1-12-5-6-15(9-13(12)2)14(3)22-19(24)11-23(27(4,25)26)16-7-8-17(20)18(21)10-16/h5-10,14H,11H2,1-4H3,(H,22,24)/t14-/m1/s1. The molecule has 0 aromatic heterocycles. The zero-order chi connectivity index (χ0) is 20.4. The highest BCUT2D eigenvalue weighted by atomic mass is 35.5. The number of hydrogen-bond donors (Lipinski definition) is 1. The van der Waals surface area contributed by atoms with Gasteiger partial charge in [0.05, 0.1) is 28.0 Å². The minimum absolute atomic E-state index is 0.215. The second-order valence-electron chi connectivity index (χ2n) is 6.50. The summed E-state index contributed by atoms with van der Waals surface area (Å²) < 4.78 is 25.3. The average Bonchev–Trinajstić information content (AvgIpc) is 2.56. The number of nitrogens with one attached hydrogen (secondary N) is 1. The highest BCUT2D eigenvalue weighted by molar-refractivity contribution is 7.92. The number of rotatable bonds is 6. The Morgan fingerprint density at radius 3 is 2.30 bits per heavy atom. The van der Waals surface area contributed by atoms with E-state index in [0.29, 0.717) is 5.02 Å². The van der Waals surface area contributed by atoms with Crippen LogP contribution in [0.3, 0.4) is 0 Å². The van der Waals surface area contributed by atoms with Crippen molar-refractivity contribution < 1.29 is 13.2 Å². The number of halogens is 2. The minimum Gasteiger partial charge on any atom is -0.348 e. The zero-order valence-electron chi connectivity index (χ0n) is 15.6. The third-order valence-corrected chi connectivity index (χ3v) is 6.17. The van der Waals surface area contributed by atoms with Crippen LogP contribution in [0.4, 0.5) is 5.69 Å². The number of hydrogen-bond acceptors (Lipinski definition) is 3. The fraction of sp³-hybridized carbons (Fsp3) is 0.316. The Morgan fingerprint density at radius 2 is 1.74 bits per heavy atom. The Balaban J connectivity index is 2.18. The molecule has 27 heavy (non-hydrogen) atoms. The van der Waals surface area contributed by atoms with Crippen molar-refractivity contribution >= 4 is 44.8 Å². The van der Waals surface area contributed by atoms with Crippen molar-refractivity contribution in [1.82, 2.24) is 5.32 Å². The van der Waals surface area contributed by atoms with E-state index in [4.69, 9.17) is 23.2 Å². The number of aryl methyl sites for hydroxylation is 2. The first-order valence-corrected chi connectivity index (χ1v) is 10.9. The normalized spacial score (nSPS) is 12.5. The van der Waals surface area contributed by atoms with E-state index < -0.39 is 15.9 Å². The molecular weight excluding hydrogens is 407 g/mol. The van der Waals surface area contributed by atoms with Crippen LogP contribution in [0.15, 0.2) is 36.4 Å². The first-order valence-electron chi connectivity index (χ1n) is 8.28. The smallest absolute Gasteiger partial charge is 0.241 e. The van der Waals surface area contributed by atoms with Gasteiger partial charge in [-0.2, -0.15) is 0 Å². The molecule has 0 saturated carbocycles. The van der Waals surface area contributed by atoms with Gasteiger partial charge in [0.25, 0.3) is 0 Å². The van der Waals surface area contributed by atoms with Crippen LogP contribution in [0.5, 0.6) is 0 Å². The molecule has 0 unspecified atom stereocenters. The second kappa shape index (κ2) is 8.50. The second-order valence-corrected chi connectivity index (χ2v) is 9.22. The molecule has 2 aromatic rings. The Morgan fingerprint density at radius 1 is 1.07 bits per heavy atom. The largest absolute Gasteiger partial charge is 0.348 e. The van der Waals surface area contributed by atoms with Crippen molar-refractivity contribution in [2.45, 2.75) is 26.8 Å². The number of carbonyl (C=O) groups is 1. The van der Waals surface area contributed by atoms with Gasteiger partial charge in [0.2, 0.25) is 15.9 Å². The van der Waals surface area contributed by atoms with Crippen molar-refractivity contribution in [3.05, 3.63) is 63.1 Å². The number of carbonyl (C=O) groups excluding carboxylic acids is 1. The Labute approximate surface area is 170 Å². The van der Waals surface area contributed by atoms with Crippen molar-refractivity contribution in [2.24, 2.45) is 0 Å². The predicted octanol–water partition coefficient (Wildman–Crippen LogP) is 4.25. The van der Waals surface area contributed by atoms with E-state index in [1.54, 1.807) is 0 Å². The van der Waals surface area contributed by atoms with E-state index in [1.165, 1.54) is 23.8 Å². The molecule has 1 amide bonds. The number of sulfonamides is 1. The van der Waals surface area contributed by atoms with E-state index in [-0.39, 0.29) is 23.3 Å². The Kier molecular flexibility index (Phi) is 6.78. The third-order valence-electron chi connectivity index (χ3n) is 4.29. The molecule has 1 N–H and O–H groups in total. The molecule has 5 nitrogen and oxygen atoms in total. The maximum absolute atomic E-state index is 12.5. The van der Waals surface area contributed by atoms with Crippen LogP contribution in [0.2, 0.25) is 10.0 Å². The maximum Gasteiger partial charge on any atom is 0.241 e. The van der Waals surface area contributed by atoms with Crippen molar-refractivity contribution in [2.75, 3.05) is 17.1 Å². The molecule has 8 heteroatoms. The van der Waals surface area contributed by atoms with Gasteiger partial charge in [0.1, 0.15) is 6.54 Å². The molecule has 2 aromatic carbocycles. The van der Waals surface area contributed by atoms with E-state index in [9.17, 15) is 13.2 Å². The quantitative estimate of drug-likeness (QED) is 0.747. The molecule has 0 bridgehead atoms. The molecule has 1 atom stereocenters. The highest BCUT2D eigenvalue weighted by Gasteiger charge is 2.22. The fourth-order valence-electron chi connectivity index (χ4n) is 2.58. The Bertz CT molecular complexity index is 961.